The van der Waals surface area contributed by atoms with E-state index in [1.165, 1.54) is 80.6 Å². The van der Waals surface area contributed by atoms with Crippen LogP contribution in [0.4, 0.5) is 0 Å². The second-order valence-corrected chi connectivity index (χ2v) is 29.3. The van der Waals surface area contributed by atoms with Crippen molar-refractivity contribution in [2.75, 3.05) is 0 Å². The van der Waals surface area contributed by atoms with Gasteiger partial charge < -0.3 is 241 Å². The maximum Gasteiger partial charge on any atom is 0 e. The molecule has 0 fully saturated rings. The van der Waals surface area contributed by atoms with Crippen LogP contribution in [0.2, 0.25) is 0 Å². The Hall–Kier alpha value is 4.70. The number of fused-ring (bicyclic) bond motifs is 1. The second kappa shape index (κ2) is 109. The Morgan fingerprint density at radius 2 is 0.393 bits per heavy atom. The van der Waals surface area contributed by atoms with Gasteiger partial charge in [-0.25, -0.2) is 46.6 Å². The average Bonchev–Trinajstić information content (AvgIpc) is 0.759. The van der Waals surface area contributed by atoms with Crippen molar-refractivity contribution in [3.63, 3.8) is 0 Å². The Morgan fingerprint density at radius 1 is 0.228 bits per heavy atom. The van der Waals surface area contributed by atoms with Gasteiger partial charge in [-0.15, -0.1) is 104 Å². The van der Waals surface area contributed by atoms with Gasteiger partial charge in [0.2, 0.25) is 0 Å². The summed E-state index contributed by atoms with van der Waals surface area (Å²) in [7, 11) is 0. The molecule has 3 aliphatic rings. The van der Waals surface area contributed by atoms with Crippen molar-refractivity contribution in [1.29, 1.82) is 0 Å². The summed E-state index contributed by atoms with van der Waals surface area (Å²) in [6, 6.07) is 31.2. The van der Waals surface area contributed by atoms with E-state index in [0.717, 1.165) is 153 Å². The van der Waals surface area contributed by atoms with Gasteiger partial charge in [0.15, 0.2) is 0 Å². The fraction of sp³-hybridized carbons (Fsp3) is 0.339. The Kier molecular flexibility index (Phi) is 135. The number of hydrogen-bond donors (Lipinski definition) is 0. The second-order valence-electron chi connectivity index (χ2n) is 29.3. The fourth-order valence-corrected chi connectivity index (χ4v) is 11.8. The molecule has 735 valence electrons. The minimum Gasteiger partial charge on any atom is -0.452 e. The van der Waals surface area contributed by atoms with E-state index in [1.807, 2.05) is 104 Å². The molecule has 0 saturated heterocycles. The average molecular weight is 3050 g/mol. The maximum atomic E-state index is 11.8. The smallest absolute Gasteiger partial charge is 0 e. The topological polar surface area (TPSA) is 102 Å². The van der Waals surface area contributed by atoms with Gasteiger partial charge in [0, 0.05) is 491 Å². The molecule has 0 bridgehead atoms. The molecule has 0 atom stereocenters. The fourth-order valence-electron chi connectivity index (χ4n) is 11.8. The summed E-state index contributed by atoms with van der Waals surface area (Å²) < 4.78 is 0. The Morgan fingerprint density at radius 3 is 0.566 bits per heavy atom. The number of allylic oxidation sites excluding steroid dienone is 32. The van der Waals surface area contributed by atoms with Gasteiger partial charge in [-0.1, -0.05) is 188 Å². The van der Waals surface area contributed by atoms with E-state index in [-0.39, 0.29) is 553 Å². The van der Waals surface area contributed by atoms with Crippen LogP contribution in [0, 0.1) is 239 Å². The molecular formula is C124H128O6Y15-30. The van der Waals surface area contributed by atoms with E-state index in [2.05, 4.69) is 307 Å². The van der Waals surface area contributed by atoms with Crippen LogP contribution >= 0.6 is 0 Å². The summed E-state index contributed by atoms with van der Waals surface area (Å²) in [5.74, 6) is -1.97. The standard InChI is InChI=1S/C18H20.4C16H18.3C14H12O2.15Y/c1-7-15-13(5)14(6)16(8-2)18-10-12(4)11(3)9-17(15)18;2*1-5-7-9-15-11-14(4)16(10-8-6-2)12-13(15)3;2*1-5-7-9-15-11-13(3)12-16(14(15)4)10-8-6-2;2*1-3-5-7-11-9-14(16)12(8-6-4-2)10-13(11)15;1-3-5-7-11-9-13(15)10-12(14(11)16)8-6-4-2;;;;;;;;;;;;;;;/h5-6,9-10H,7-8H2,1-4H3;4*9-10H,5-6H2,1-4H3;3*7-8H,3-4H2,1-2H3;;;;;;;;;;;;;;;/q-2;7*-4;;;;;;;;;;;;;;;. The third kappa shape index (κ3) is 70.7. The molecule has 3 aliphatic carbocycles. The molecule has 0 aliphatic heterocycles. The van der Waals surface area contributed by atoms with Crippen LogP contribution in [-0.4, -0.2) is 34.7 Å². The molecule has 0 saturated carbocycles. The molecule has 21 heteroatoms. The number of ketones is 6. The van der Waals surface area contributed by atoms with Crippen molar-refractivity contribution in [3.05, 3.63) is 374 Å². The third-order valence-corrected chi connectivity index (χ3v) is 19.0. The van der Waals surface area contributed by atoms with Gasteiger partial charge in [-0.05, 0) is 53.9 Å². The first-order valence-corrected chi connectivity index (χ1v) is 45.3. The SMILES string of the molecule is CC[C-]=CC1=[C-]C(=O)C(C=[C-]CC)=[C-]C1=O.CC[C-]=CC1=[C-]C(=O)C(C=[C-]CC)=[C-]C1=O.CC[C-]=CC1=[C-]C(=O)[C-]=C(C=[C-]CC)C1=O.CC[C-]=Cc1[c-]c(C)[c-]c(C=[C-]CC)c1C.CC[C-]=Cc1[c-]c(C)[c-]c(C=[C-]CC)c1C.CC[C-]=Cc1[c-]c(C)c(C=[C-]CC)[c-]c1C.CC[C-]=Cc1[c-]c(C)c(C=[C-]CC)[c-]c1C.[CH-]=c1c(CC)c2cc(C)c(C)cc2c(CC)c1=[CH-].[Y].[Y].[Y].[Y].[Y].[Y].[Y].[Y].[Y].[Y].[Y].[Y].[Y].[Y].[Y]. The van der Waals surface area contributed by atoms with Crippen LogP contribution < -0.4 is 10.4 Å². The minimum absolute atomic E-state index is 0. The molecule has 0 spiro atoms. The number of rotatable bonds is 30. The first-order chi connectivity index (χ1) is 62.3. The summed E-state index contributed by atoms with van der Waals surface area (Å²) >= 11 is 0. The predicted octanol–water partition coefficient (Wildman–Crippen LogP) is 27.0. The zero-order chi connectivity index (χ0) is 97.2. The molecule has 6 nitrogen and oxygen atoms in total. The zero-order valence-corrected chi connectivity index (χ0v) is 133. The van der Waals surface area contributed by atoms with E-state index in [0.29, 0.717) is 38.5 Å². The normalized spacial score (nSPS) is 12.2. The molecule has 9 rings (SSSR count). The van der Waals surface area contributed by atoms with Crippen LogP contribution in [0.1, 0.15) is 312 Å². The Balaban J connectivity index is -0.000000111. The van der Waals surface area contributed by atoms with Gasteiger partial charge in [-0.2, -0.15) is 16.9 Å². The van der Waals surface area contributed by atoms with E-state index in [1.54, 1.807) is 0 Å². The molecule has 0 amide bonds. The quantitative estimate of drug-likeness (QED) is 0.0329. The first kappa shape index (κ1) is 180. The molecule has 0 heterocycles. The van der Waals surface area contributed by atoms with E-state index < -0.39 is 5.78 Å². The maximum absolute atomic E-state index is 11.8. The molecule has 0 aromatic heterocycles. The van der Waals surface area contributed by atoms with Crippen molar-refractivity contribution < 1.29 is 519 Å². The number of carbonyl (C=O) groups excluding carboxylic acids is 6. The summed E-state index contributed by atoms with van der Waals surface area (Å²) in [6.07, 6.45) is 96.0. The molecule has 145 heavy (non-hydrogen) atoms. The van der Waals surface area contributed by atoms with E-state index >= 15 is 0 Å². The van der Waals surface area contributed by atoms with E-state index in [9.17, 15) is 28.8 Å². The summed E-state index contributed by atoms with van der Waals surface area (Å²) in [4.78, 5) is 69.1. The Labute approximate surface area is 1260 Å². The van der Waals surface area contributed by atoms with Gasteiger partial charge >= 0.3 is 0 Å². The molecule has 0 N–H and O–H groups in total. The molecule has 0 unspecified atom stereocenters. The van der Waals surface area contributed by atoms with Gasteiger partial charge in [0.25, 0.3) is 0 Å². The predicted molar refractivity (Wildman–Crippen MR) is 538 cm³/mol. The minimum atomic E-state index is -0.409. The van der Waals surface area contributed by atoms with Crippen molar-refractivity contribution >= 4 is 107 Å². The van der Waals surface area contributed by atoms with Gasteiger partial charge in [0.05, 0.1) is 0 Å². The van der Waals surface area contributed by atoms with Crippen molar-refractivity contribution in [3.8, 4) is 0 Å². The van der Waals surface area contributed by atoms with Crippen LogP contribution in [-0.2, 0) is 532 Å². The van der Waals surface area contributed by atoms with Gasteiger partial charge in [0.1, 0.15) is 0 Å². The monoisotopic (exact) mass is 3050 g/mol. The molecule has 15 radical (unpaired) electrons. The number of aryl methyl sites for hydroxylation is 10. The van der Waals surface area contributed by atoms with E-state index in [4.69, 9.17) is 13.2 Å². The van der Waals surface area contributed by atoms with Crippen molar-refractivity contribution in [2.45, 2.75) is 283 Å². The molecular weight excluding hydrogens is 2920 g/mol. The summed E-state index contributed by atoms with van der Waals surface area (Å²) in [5, 5.41) is 4.07. The largest absolute Gasteiger partial charge is 0.452 e. The zero-order valence-electron chi connectivity index (χ0n) is 90.8. The first-order valence-electron chi connectivity index (χ1n) is 45.3. The van der Waals surface area contributed by atoms with Gasteiger partial charge in [-0.3, -0.25) is 143 Å². The number of carbonyl (C=O) groups is 6. The Bertz CT molecular complexity index is 5060. The van der Waals surface area contributed by atoms with Crippen LogP contribution in [0.15, 0.2) is 82.0 Å². The molecule has 6 aromatic carbocycles. The summed E-state index contributed by atoms with van der Waals surface area (Å²) in [5.41, 5.74) is 24.1. The van der Waals surface area contributed by atoms with Crippen molar-refractivity contribution in [2.24, 2.45) is 0 Å². The number of benzene rings is 6. The van der Waals surface area contributed by atoms with Crippen molar-refractivity contribution in [1.82, 2.24) is 0 Å². The van der Waals surface area contributed by atoms with Crippen LogP contribution in [0.25, 0.3) is 72.5 Å². The van der Waals surface area contributed by atoms with Crippen LogP contribution in [0.3, 0.4) is 0 Å². The number of hydrogen-bond acceptors (Lipinski definition) is 6. The third-order valence-electron chi connectivity index (χ3n) is 19.0. The molecule has 6 aromatic rings. The number of Topliss-reactive ketones (excluding diaryl/α,β-unsaturated/α-hetero) is 6. The summed E-state index contributed by atoms with van der Waals surface area (Å²) in [6.45, 7) is 65.5. The van der Waals surface area contributed by atoms with Crippen LogP contribution in [0.5, 0.6) is 0 Å².